The van der Waals surface area contributed by atoms with Gasteiger partial charge >= 0.3 is 0 Å². The van der Waals surface area contributed by atoms with Crippen molar-refractivity contribution in [1.82, 2.24) is 4.73 Å². The molecule has 4 N–H and O–H groups in total. The summed E-state index contributed by atoms with van der Waals surface area (Å²) in [5.41, 5.74) is 5.41. The maximum atomic E-state index is 9.27. The van der Waals surface area contributed by atoms with Crippen LogP contribution in [0.3, 0.4) is 0 Å². The molecule has 4 nitrogen and oxygen atoms in total. The van der Waals surface area contributed by atoms with E-state index in [-0.39, 0.29) is 5.75 Å². The van der Waals surface area contributed by atoms with E-state index in [1.54, 1.807) is 6.07 Å². The number of hydrogen-bond acceptors (Lipinski definition) is 4. The first-order valence-electron chi connectivity index (χ1n) is 2.97. The summed E-state index contributed by atoms with van der Waals surface area (Å²) in [7, 11) is 0. The lowest BCUT2D eigenvalue weighted by molar-refractivity contribution is 0.201. The molecule has 0 aromatic carbocycles. The highest BCUT2D eigenvalue weighted by molar-refractivity contribution is 7.22. The first-order chi connectivity index (χ1) is 5.20. The molecule has 58 valence electrons. The summed E-state index contributed by atoms with van der Waals surface area (Å²) in [5.74, 6) is 0.0535. The predicted molar refractivity (Wildman–Crippen MR) is 43.1 cm³/mol. The molecule has 11 heavy (non-hydrogen) atoms. The van der Waals surface area contributed by atoms with Gasteiger partial charge in [-0.25, -0.2) is 0 Å². The predicted octanol–water partition coefficient (Wildman–Crippen LogP) is 1.23. The van der Waals surface area contributed by atoms with E-state index < -0.39 is 0 Å². The molecule has 0 fully saturated rings. The molecule has 2 aromatic rings. The van der Waals surface area contributed by atoms with Crippen LogP contribution in [-0.2, 0) is 0 Å². The number of hydrogen-bond donors (Lipinski definition) is 3. The SMILES string of the molecule is Nc1sc2c(ccn2O)c1O. The maximum Gasteiger partial charge on any atom is 0.159 e. The van der Waals surface area contributed by atoms with Gasteiger partial charge in [0.2, 0.25) is 0 Å². The molecule has 0 radical (unpaired) electrons. The van der Waals surface area contributed by atoms with Crippen molar-refractivity contribution in [1.29, 1.82) is 0 Å². The van der Waals surface area contributed by atoms with Crippen LogP contribution in [0.5, 0.6) is 5.75 Å². The summed E-state index contributed by atoms with van der Waals surface area (Å²) in [5, 5.41) is 19.3. The first-order valence-corrected chi connectivity index (χ1v) is 3.79. The van der Waals surface area contributed by atoms with E-state index in [0.29, 0.717) is 15.2 Å². The highest BCUT2D eigenvalue weighted by Gasteiger charge is 2.11. The number of nitrogens with zero attached hydrogens (tertiary/aromatic N) is 1. The molecule has 5 heteroatoms. The van der Waals surface area contributed by atoms with Gasteiger partial charge in [-0.15, -0.1) is 0 Å². The first kappa shape index (κ1) is 6.36. The van der Waals surface area contributed by atoms with E-state index in [4.69, 9.17) is 10.9 Å². The molecule has 2 heterocycles. The van der Waals surface area contributed by atoms with Gasteiger partial charge in [-0.3, -0.25) is 0 Å². The normalized spacial score (nSPS) is 10.9. The Kier molecular flexibility index (Phi) is 1.05. The summed E-state index contributed by atoms with van der Waals surface area (Å²) in [6.45, 7) is 0. The molecule has 0 aliphatic rings. The van der Waals surface area contributed by atoms with Crippen molar-refractivity contribution in [2.24, 2.45) is 0 Å². The lowest BCUT2D eigenvalue weighted by atomic mass is 10.4. The molecule has 0 atom stereocenters. The standard InChI is InChI=1S/C6H6N2O2S/c7-5-4(9)3-1-2-8(10)6(3)11-5/h1-2,9-10H,7H2. The molecule has 0 aliphatic heterocycles. The fourth-order valence-corrected chi connectivity index (χ4v) is 1.82. The molecule has 0 amide bonds. The van der Waals surface area contributed by atoms with E-state index in [2.05, 4.69) is 0 Å². The van der Waals surface area contributed by atoms with Crippen LogP contribution in [-0.4, -0.2) is 15.0 Å². The van der Waals surface area contributed by atoms with Crippen LogP contribution in [0.15, 0.2) is 12.3 Å². The van der Waals surface area contributed by atoms with Crippen molar-refractivity contribution in [2.45, 2.75) is 0 Å². The molecular formula is C6H6N2O2S. The average molecular weight is 170 g/mol. The van der Waals surface area contributed by atoms with Crippen molar-refractivity contribution in [3.63, 3.8) is 0 Å². The number of nitrogens with two attached hydrogens (primary N) is 1. The summed E-state index contributed by atoms with van der Waals surface area (Å²) in [6.07, 6.45) is 1.46. The Hall–Kier alpha value is -1.36. The summed E-state index contributed by atoms with van der Waals surface area (Å²) >= 11 is 1.15. The minimum atomic E-state index is 0.0535. The van der Waals surface area contributed by atoms with Gasteiger partial charge in [-0.1, -0.05) is 11.3 Å². The van der Waals surface area contributed by atoms with E-state index in [1.165, 1.54) is 6.20 Å². The van der Waals surface area contributed by atoms with Gasteiger partial charge in [0, 0.05) is 6.20 Å². The van der Waals surface area contributed by atoms with Crippen molar-refractivity contribution < 1.29 is 10.3 Å². The van der Waals surface area contributed by atoms with E-state index in [0.717, 1.165) is 16.1 Å². The minimum Gasteiger partial charge on any atom is -0.504 e. The molecule has 0 aliphatic carbocycles. The van der Waals surface area contributed by atoms with E-state index in [1.807, 2.05) is 0 Å². The maximum absolute atomic E-state index is 9.27. The number of thiophene rings is 1. The minimum absolute atomic E-state index is 0.0535. The molecule has 2 aromatic heterocycles. The Morgan fingerprint density at radius 3 is 2.91 bits per heavy atom. The van der Waals surface area contributed by atoms with Crippen LogP contribution in [0.1, 0.15) is 0 Å². The largest absolute Gasteiger partial charge is 0.504 e. The smallest absolute Gasteiger partial charge is 0.159 e. The van der Waals surface area contributed by atoms with Gasteiger partial charge in [-0.2, -0.15) is 4.73 Å². The van der Waals surface area contributed by atoms with Crippen LogP contribution in [0.2, 0.25) is 0 Å². The Morgan fingerprint density at radius 2 is 2.27 bits per heavy atom. The Morgan fingerprint density at radius 1 is 1.55 bits per heavy atom. The zero-order valence-electron chi connectivity index (χ0n) is 5.48. The Labute approximate surface area is 66.1 Å². The monoisotopic (exact) mass is 170 g/mol. The molecule has 0 bridgehead atoms. The van der Waals surface area contributed by atoms with Gasteiger partial charge in [0.15, 0.2) is 5.75 Å². The van der Waals surface area contributed by atoms with Crippen molar-refractivity contribution in [2.75, 3.05) is 5.73 Å². The molecule has 2 rings (SSSR count). The van der Waals surface area contributed by atoms with Crippen LogP contribution in [0.25, 0.3) is 10.2 Å². The van der Waals surface area contributed by atoms with Crippen LogP contribution < -0.4 is 5.73 Å². The van der Waals surface area contributed by atoms with E-state index >= 15 is 0 Å². The van der Waals surface area contributed by atoms with Crippen molar-refractivity contribution in [3.8, 4) is 5.75 Å². The Balaban J connectivity index is 2.93. The zero-order valence-corrected chi connectivity index (χ0v) is 6.30. The van der Waals surface area contributed by atoms with Crippen LogP contribution in [0, 0.1) is 0 Å². The number of aromatic nitrogens is 1. The second-order valence-electron chi connectivity index (χ2n) is 2.19. The number of anilines is 1. The fraction of sp³-hybridized carbons (Fsp3) is 0. The van der Waals surface area contributed by atoms with E-state index in [9.17, 15) is 5.11 Å². The molecule has 0 unspecified atom stereocenters. The zero-order chi connectivity index (χ0) is 8.01. The molecule has 0 spiro atoms. The summed E-state index contributed by atoms with van der Waals surface area (Å²) in [6, 6.07) is 1.61. The highest BCUT2D eigenvalue weighted by atomic mass is 32.1. The third kappa shape index (κ3) is 0.682. The van der Waals surface area contributed by atoms with Gasteiger partial charge in [0.1, 0.15) is 9.83 Å². The number of nitrogen functional groups attached to an aromatic ring is 1. The third-order valence-electron chi connectivity index (χ3n) is 1.52. The topological polar surface area (TPSA) is 71.4 Å². The second kappa shape index (κ2) is 1.82. The Bertz CT molecular complexity index is 404. The molecular weight excluding hydrogens is 164 g/mol. The summed E-state index contributed by atoms with van der Waals surface area (Å²) < 4.78 is 0.941. The average Bonchev–Trinajstić information content (AvgIpc) is 2.43. The third-order valence-corrected chi connectivity index (χ3v) is 2.53. The van der Waals surface area contributed by atoms with Crippen molar-refractivity contribution >= 4 is 26.6 Å². The van der Waals surface area contributed by atoms with Gasteiger partial charge in [0.05, 0.1) is 5.39 Å². The van der Waals surface area contributed by atoms with Crippen molar-refractivity contribution in [3.05, 3.63) is 12.3 Å². The lowest BCUT2D eigenvalue weighted by Gasteiger charge is -1.85. The number of rotatable bonds is 0. The number of fused-ring (bicyclic) bond motifs is 1. The quantitative estimate of drug-likeness (QED) is 0.521. The van der Waals surface area contributed by atoms with Crippen LogP contribution in [0.4, 0.5) is 5.00 Å². The highest BCUT2D eigenvalue weighted by Crippen LogP contribution is 2.38. The fourth-order valence-electron chi connectivity index (χ4n) is 0.975. The summed E-state index contributed by atoms with van der Waals surface area (Å²) in [4.78, 5) is 0.569. The molecule has 0 saturated heterocycles. The number of aromatic hydroxyl groups is 1. The van der Waals surface area contributed by atoms with Gasteiger partial charge in [-0.05, 0) is 6.07 Å². The van der Waals surface area contributed by atoms with Crippen LogP contribution >= 0.6 is 11.3 Å². The van der Waals surface area contributed by atoms with Gasteiger partial charge < -0.3 is 16.0 Å². The second-order valence-corrected chi connectivity index (χ2v) is 3.22. The molecule has 0 saturated carbocycles. The van der Waals surface area contributed by atoms with Gasteiger partial charge in [0.25, 0.3) is 0 Å². The lowest BCUT2D eigenvalue weighted by Crippen LogP contribution is -1.81.